The van der Waals surface area contributed by atoms with Gasteiger partial charge in [-0.3, -0.25) is 10.2 Å². The Morgan fingerprint density at radius 2 is 1.65 bits per heavy atom. The van der Waals surface area contributed by atoms with Gasteiger partial charge in [-0.1, -0.05) is 98.1 Å². The minimum atomic E-state index is -1.09. The van der Waals surface area contributed by atoms with Crippen LogP contribution < -0.4 is 10.7 Å². The molecule has 0 saturated heterocycles. The largest absolute Gasteiger partial charge is 0.355 e. The van der Waals surface area contributed by atoms with Crippen molar-refractivity contribution in [3.05, 3.63) is 70.8 Å². The number of unbranched alkanes of at least 4 members (excludes halogenated alkanes) is 2. The first-order valence-corrected chi connectivity index (χ1v) is 13.1. The quantitative estimate of drug-likeness (QED) is 0.429. The highest BCUT2D eigenvalue weighted by Gasteiger charge is 2.42. The van der Waals surface area contributed by atoms with E-state index >= 15 is 0 Å². The molecule has 1 aliphatic heterocycles. The number of amidine groups is 1. The van der Waals surface area contributed by atoms with E-state index in [1.165, 1.54) is 17.3 Å². The van der Waals surface area contributed by atoms with E-state index in [-0.39, 0.29) is 11.7 Å². The van der Waals surface area contributed by atoms with Gasteiger partial charge in [-0.15, -0.1) is 0 Å². The van der Waals surface area contributed by atoms with Crippen LogP contribution in [0.3, 0.4) is 0 Å². The number of aryl methyl sites for hydroxylation is 2. The molecule has 1 aliphatic rings. The predicted molar refractivity (Wildman–Crippen MR) is 142 cm³/mol. The van der Waals surface area contributed by atoms with Crippen LogP contribution in [0.1, 0.15) is 61.8 Å². The molecule has 7 heteroatoms. The van der Waals surface area contributed by atoms with Gasteiger partial charge in [-0.2, -0.15) is 5.10 Å². The first-order valence-electron chi connectivity index (χ1n) is 12.1. The van der Waals surface area contributed by atoms with Gasteiger partial charge in [0.1, 0.15) is 5.71 Å². The summed E-state index contributed by atoms with van der Waals surface area (Å²) < 4.78 is 6.58. The molecular formula is C27H36N4O2S. The summed E-state index contributed by atoms with van der Waals surface area (Å²) in [4.78, 5) is 17.3. The standard InChI is InChI=1S/C27H36N4O2S/c1-5-7-17-28-24(32)19-34-26-29-27(33-18-8-6-2,23-15-11-21(4)12-16-23)25(30-31-26)22-13-9-20(3)10-14-22/h9-16H,5-8,17-19H2,1-4H3,(H,28,32)(H,29,31)/t27-/m1/s1. The number of ether oxygens (including phenoxy) is 1. The summed E-state index contributed by atoms with van der Waals surface area (Å²) in [6.07, 6.45) is 3.95. The van der Waals surface area contributed by atoms with Crippen LogP contribution in [-0.4, -0.2) is 35.7 Å². The summed E-state index contributed by atoms with van der Waals surface area (Å²) in [6, 6.07) is 16.5. The van der Waals surface area contributed by atoms with Crippen molar-refractivity contribution in [3.8, 4) is 0 Å². The lowest BCUT2D eigenvalue weighted by atomic mass is 9.91. The zero-order valence-corrected chi connectivity index (χ0v) is 21.5. The second kappa shape index (κ2) is 12.7. The molecule has 0 radical (unpaired) electrons. The molecule has 3 rings (SSSR count). The first kappa shape index (κ1) is 26.0. The Morgan fingerprint density at radius 3 is 2.29 bits per heavy atom. The SMILES string of the molecule is CCCCNC(=O)CSC1=N[C@@](OCCCC)(c2ccc(C)cc2)C(c2ccc(C)cc2)=NN1. The van der Waals surface area contributed by atoms with Gasteiger partial charge in [0, 0.05) is 17.7 Å². The number of thioether (sulfide) groups is 1. The minimum Gasteiger partial charge on any atom is -0.355 e. The van der Waals surface area contributed by atoms with E-state index in [2.05, 4.69) is 87.0 Å². The van der Waals surface area contributed by atoms with Crippen molar-refractivity contribution in [2.45, 2.75) is 59.1 Å². The molecule has 2 N–H and O–H groups in total. The van der Waals surface area contributed by atoms with Crippen LogP contribution in [-0.2, 0) is 15.3 Å². The third-order valence-electron chi connectivity index (χ3n) is 5.61. The number of hydrogen-bond donors (Lipinski definition) is 2. The van der Waals surface area contributed by atoms with Crippen molar-refractivity contribution in [2.24, 2.45) is 10.1 Å². The Kier molecular flexibility index (Phi) is 9.72. The van der Waals surface area contributed by atoms with Gasteiger partial charge in [0.2, 0.25) is 11.6 Å². The van der Waals surface area contributed by atoms with Crippen molar-refractivity contribution in [3.63, 3.8) is 0 Å². The molecule has 1 amide bonds. The number of hydrogen-bond acceptors (Lipinski definition) is 6. The van der Waals surface area contributed by atoms with E-state index in [1.807, 2.05) is 0 Å². The molecule has 1 heterocycles. The maximum Gasteiger partial charge on any atom is 0.233 e. The van der Waals surface area contributed by atoms with Crippen LogP contribution in [0, 0.1) is 13.8 Å². The van der Waals surface area contributed by atoms with Crippen LogP contribution >= 0.6 is 11.8 Å². The summed E-state index contributed by atoms with van der Waals surface area (Å²) in [6.45, 7) is 9.62. The highest BCUT2D eigenvalue weighted by molar-refractivity contribution is 8.14. The molecule has 0 saturated carbocycles. The van der Waals surface area contributed by atoms with Crippen molar-refractivity contribution in [1.82, 2.24) is 10.7 Å². The Morgan fingerprint density at radius 1 is 1.00 bits per heavy atom. The van der Waals surface area contributed by atoms with Gasteiger partial charge in [0.25, 0.3) is 0 Å². The number of aliphatic imine (C=N–C) groups is 1. The molecule has 182 valence electrons. The van der Waals surface area contributed by atoms with Crippen molar-refractivity contribution in [1.29, 1.82) is 0 Å². The fourth-order valence-electron chi connectivity index (χ4n) is 3.56. The normalized spacial score (nSPS) is 17.5. The maximum atomic E-state index is 12.3. The summed E-state index contributed by atoms with van der Waals surface area (Å²) in [5.74, 6) is 0.258. The van der Waals surface area contributed by atoms with Crippen molar-refractivity contribution >= 4 is 28.5 Å². The highest BCUT2D eigenvalue weighted by Crippen LogP contribution is 2.36. The number of nitrogens with one attached hydrogen (secondary N) is 2. The second-order valence-corrected chi connectivity index (χ2v) is 9.52. The third kappa shape index (κ3) is 6.70. The number of rotatable bonds is 11. The second-order valence-electron chi connectivity index (χ2n) is 8.56. The first-order chi connectivity index (χ1) is 16.5. The number of carbonyl (C=O) groups excluding carboxylic acids is 1. The van der Waals surface area contributed by atoms with Crippen LogP contribution in [0.5, 0.6) is 0 Å². The van der Waals surface area contributed by atoms with Gasteiger partial charge >= 0.3 is 0 Å². The van der Waals surface area contributed by atoms with Gasteiger partial charge in [-0.05, 0) is 26.7 Å². The monoisotopic (exact) mass is 480 g/mol. The van der Waals surface area contributed by atoms with Crippen molar-refractivity contribution < 1.29 is 9.53 Å². The maximum absolute atomic E-state index is 12.3. The Bertz CT molecular complexity index is 1000. The lowest BCUT2D eigenvalue weighted by Crippen LogP contribution is -2.44. The topological polar surface area (TPSA) is 75.1 Å². The van der Waals surface area contributed by atoms with Crippen molar-refractivity contribution in [2.75, 3.05) is 18.9 Å². The molecule has 1 atom stereocenters. The van der Waals surface area contributed by atoms with Crippen LogP contribution in [0.2, 0.25) is 0 Å². The van der Waals surface area contributed by atoms with Crippen LogP contribution in [0.15, 0.2) is 58.6 Å². The third-order valence-corrected chi connectivity index (χ3v) is 6.48. The smallest absolute Gasteiger partial charge is 0.233 e. The van der Waals surface area contributed by atoms with Gasteiger partial charge in [0.15, 0.2) is 5.17 Å². The molecule has 2 aromatic carbocycles. The van der Waals surface area contributed by atoms with E-state index in [0.717, 1.165) is 42.4 Å². The van der Waals surface area contributed by atoms with Crippen LogP contribution in [0.4, 0.5) is 0 Å². The zero-order chi connectivity index (χ0) is 24.4. The highest BCUT2D eigenvalue weighted by atomic mass is 32.2. The lowest BCUT2D eigenvalue weighted by Gasteiger charge is -2.35. The predicted octanol–water partition coefficient (Wildman–Crippen LogP) is 5.29. The number of hydrazone groups is 1. The fraction of sp³-hybridized carbons (Fsp3) is 0.444. The van der Waals surface area contributed by atoms with E-state index < -0.39 is 5.72 Å². The Balaban J connectivity index is 1.97. The number of carbonyl (C=O) groups is 1. The molecule has 0 unspecified atom stereocenters. The molecule has 6 nitrogen and oxygen atoms in total. The van der Waals surface area contributed by atoms with E-state index in [9.17, 15) is 4.79 Å². The molecule has 0 bridgehead atoms. The Labute approximate surface area is 207 Å². The van der Waals surface area contributed by atoms with Crippen LogP contribution in [0.25, 0.3) is 0 Å². The van der Waals surface area contributed by atoms with E-state index in [4.69, 9.17) is 14.8 Å². The molecule has 0 spiro atoms. The van der Waals surface area contributed by atoms with E-state index in [0.29, 0.717) is 24.0 Å². The van der Waals surface area contributed by atoms with E-state index in [1.54, 1.807) is 0 Å². The average Bonchev–Trinajstić information content (AvgIpc) is 2.84. The average molecular weight is 481 g/mol. The fourth-order valence-corrected chi connectivity index (χ4v) is 4.23. The molecular weight excluding hydrogens is 444 g/mol. The summed E-state index contributed by atoms with van der Waals surface area (Å²) in [5, 5.41) is 8.28. The van der Waals surface area contributed by atoms with Gasteiger partial charge in [-0.25, -0.2) is 4.99 Å². The molecule has 0 fully saturated rings. The lowest BCUT2D eigenvalue weighted by molar-refractivity contribution is -0.118. The summed E-state index contributed by atoms with van der Waals surface area (Å²) >= 11 is 1.34. The molecule has 0 aromatic heterocycles. The molecule has 34 heavy (non-hydrogen) atoms. The number of nitrogens with zero attached hydrogens (tertiary/aromatic N) is 2. The minimum absolute atomic E-state index is 0.0101. The van der Waals surface area contributed by atoms with Gasteiger partial charge < -0.3 is 10.1 Å². The van der Waals surface area contributed by atoms with Gasteiger partial charge in [0.05, 0.1) is 12.4 Å². The number of amides is 1. The number of benzene rings is 2. The Hall–Kier alpha value is -2.64. The zero-order valence-electron chi connectivity index (χ0n) is 20.7. The molecule has 2 aromatic rings. The summed E-state index contributed by atoms with van der Waals surface area (Å²) in [5.41, 5.74) is 6.89. The summed E-state index contributed by atoms with van der Waals surface area (Å²) in [7, 11) is 0. The molecule has 0 aliphatic carbocycles.